The first-order chi connectivity index (χ1) is 6.55. The Hall–Kier alpha value is 1.46. The van der Waals surface area contributed by atoms with Gasteiger partial charge >= 0.3 is 18.9 Å². The van der Waals surface area contributed by atoms with Crippen LogP contribution in [0.2, 0.25) is 39.3 Å². The molecule has 1 aliphatic rings. The molecule has 1 heterocycles. The third-order valence-electron chi connectivity index (χ3n) is 2.92. The van der Waals surface area contributed by atoms with E-state index in [1.165, 1.54) is 0 Å². The summed E-state index contributed by atoms with van der Waals surface area (Å²) in [5.74, 6) is 3.24. The minimum absolute atomic E-state index is 0. The van der Waals surface area contributed by atoms with Crippen LogP contribution in [0, 0.1) is 22.4 Å². The first-order valence-electron chi connectivity index (χ1n) is 5.70. The summed E-state index contributed by atoms with van der Waals surface area (Å²) >= 11 is 0. The van der Waals surface area contributed by atoms with Crippen molar-refractivity contribution in [1.29, 1.82) is 0 Å². The van der Waals surface area contributed by atoms with Crippen molar-refractivity contribution in [3.8, 4) is 0 Å². The van der Waals surface area contributed by atoms with E-state index < -0.39 is 16.1 Å². The zero-order valence-corrected chi connectivity index (χ0v) is 15.3. The molecule has 0 aromatic heterocycles. The maximum atomic E-state index is 2.47. The van der Waals surface area contributed by atoms with Gasteiger partial charge in [0, 0.05) is 10.6 Å². The molecular formula is C12H24LiPSi2+. The van der Waals surface area contributed by atoms with E-state index in [1.54, 1.807) is 31.0 Å². The summed E-state index contributed by atoms with van der Waals surface area (Å²) < 4.78 is 0. The van der Waals surface area contributed by atoms with Gasteiger partial charge in [0.25, 0.3) is 0 Å². The molecule has 1 rings (SSSR count). The SMILES string of the molecule is C[C]1[C](C)[C]([Si](C)(C)C)[P][C]1[Si](C)(C)C.[Li+]. The largest absolute Gasteiger partial charge is 1.00 e. The summed E-state index contributed by atoms with van der Waals surface area (Å²) in [6.45, 7) is 19.5. The van der Waals surface area contributed by atoms with Crippen LogP contribution in [0.4, 0.5) is 0 Å². The maximum absolute atomic E-state index is 2.47. The molecule has 0 amide bonds. The summed E-state index contributed by atoms with van der Waals surface area (Å²) in [6, 6.07) is 0. The van der Waals surface area contributed by atoms with Gasteiger partial charge in [-0.1, -0.05) is 61.7 Å². The average molecular weight is 262 g/mol. The topological polar surface area (TPSA) is 0 Å². The van der Waals surface area contributed by atoms with E-state index in [0.29, 0.717) is 0 Å². The standard InChI is InChI=1S/C12H24PSi2.Li/c1-9-10(2)12(15(6,7)8)13-11(9)14(3,4)5;/h1-8H3;/q;+1. The monoisotopic (exact) mass is 262 g/mol. The van der Waals surface area contributed by atoms with Crippen LogP contribution in [0.1, 0.15) is 13.8 Å². The van der Waals surface area contributed by atoms with Crippen molar-refractivity contribution >= 4 is 24.7 Å². The van der Waals surface area contributed by atoms with Gasteiger partial charge in [-0.25, -0.2) is 0 Å². The van der Waals surface area contributed by atoms with E-state index in [-0.39, 0.29) is 18.9 Å². The van der Waals surface area contributed by atoms with Gasteiger partial charge in [-0.05, 0) is 11.8 Å². The number of hydrogen-bond acceptors (Lipinski definition) is 0. The van der Waals surface area contributed by atoms with Crippen LogP contribution in [-0.2, 0) is 0 Å². The van der Waals surface area contributed by atoms with E-state index in [1.807, 2.05) is 0 Å². The van der Waals surface area contributed by atoms with Crippen LogP contribution in [0.5, 0.6) is 0 Å². The third kappa shape index (κ3) is 3.73. The molecule has 0 bridgehead atoms. The van der Waals surface area contributed by atoms with Gasteiger partial charge < -0.3 is 0 Å². The summed E-state index contributed by atoms with van der Waals surface area (Å²) in [5, 5.41) is 3.55. The Morgan fingerprint density at radius 1 is 0.688 bits per heavy atom. The van der Waals surface area contributed by atoms with E-state index >= 15 is 0 Å². The molecule has 0 aromatic rings. The van der Waals surface area contributed by atoms with Crippen LogP contribution < -0.4 is 18.9 Å². The molecule has 0 aromatic carbocycles. The van der Waals surface area contributed by atoms with E-state index in [0.717, 1.165) is 0 Å². The molecule has 16 heavy (non-hydrogen) atoms. The van der Waals surface area contributed by atoms with Crippen molar-refractivity contribution in [2.45, 2.75) is 53.1 Å². The predicted octanol–water partition coefficient (Wildman–Crippen LogP) is 1.96. The molecule has 0 atom stereocenters. The second-order valence-electron chi connectivity index (χ2n) is 6.56. The molecule has 0 N–H and O–H groups in total. The fourth-order valence-electron chi connectivity index (χ4n) is 2.10. The van der Waals surface area contributed by atoms with E-state index in [9.17, 15) is 0 Å². The van der Waals surface area contributed by atoms with Crippen LogP contribution in [0.25, 0.3) is 0 Å². The second-order valence-corrected chi connectivity index (χ2v) is 18.5. The van der Waals surface area contributed by atoms with Crippen molar-refractivity contribution in [2.24, 2.45) is 0 Å². The first-order valence-corrected chi connectivity index (χ1v) is 13.6. The Morgan fingerprint density at radius 2 is 0.938 bits per heavy atom. The summed E-state index contributed by atoms with van der Waals surface area (Å²) in [4.78, 5) is 0. The second kappa shape index (κ2) is 5.62. The molecule has 85 valence electrons. The van der Waals surface area contributed by atoms with Gasteiger partial charge in [0.15, 0.2) is 0 Å². The van der Waals surface area contributed by atoms with E-state index in [2.05, 4.69) is 53.1 Å². The zero-order chi connectivity index (χ0) is 12.0. The summed E-state index contributed by atoms with van der Waals surface area (Å²) in [5.41, 5.74) is 0. The molecule has 0 saturated carbocycles. The van der Waals surface area contributed by atoms with Crippen LogP contribution in [-0.4, -0.2) is 16.1 Å². The quantitative estimate of drug-likeness (QED) is 0.527. The minimum Gasteiger partial charge on any atom is -0.0708 e. The van der Waals surface area contributed by atoms with Crippen LogP contribution in [0.3, 0.4) is 0 Å². The van der Waals surface area contributed by atoms with Crippen LogP contribution in [0.15, 0.2) is 0 Å². The van der Waals surface area contributed by atoms with Crippen molar-refractivity contribution in [1.82, 2.24) is 0 Å². The Labute approximate surface area is 119 Å². The van der Waals surface area contributed by atoms with Crippen molar-refractivity contribution in [2.75, 3.05) is 0 Å². The predicted molar refractivity (Wildman–Crippen MR) is 77.9 cm³/mol. The number of hydrogen-bond donors (Lipinski definition) is 0. The van der Waals surface area contributed by atoms with Gasteiger partial charge in [0.05, 0.1) is 16.1 Å². The fourth-order valence-corrected chi connectivity index (χ4v) is 9.30. The molecule has 5 radical (unpaired) electrons. The fraction of sp³-hybridized carbons (Fsp3) is 0.667. The molecular weight excluding hydrogens is 238 g/mol. The number of rotatable bonds is 2. The van der Waals surface area contributed by atoms with Gasteiger partial charge in [-0.2, -0.15) is 0 Å². The molecule has 0 aliphatic carbocycles. The summed E-state index contributed by atoms with van der Waals surface area (Å²) in [6.07, 6.45) is 0. The molecule has 0 nitrogen and oxygen atoms in total. The van der Waals surface area contributed by atoms with Gasteiger partial charge in [-0.3, -0.25) is 0 Å². The van der Waals surface area contributed by atoms with Gasteiger partial charge in [0.1, 0.15) is 0 Å². The van der Waals surface area contributed by atoms with Crippen molar-refractivity contribution in [3.05, 3.63) is 22.4 Å². The van der Waals surface area contributed by atoms with Crippen molar-refractivity contribution in [3.63, 3.8) is 0 Å². The molecule has 4 heteroatoms. The minimum atomic E-state index is -1.10. The molecule has 1 saturated heterocycles. The smallest absolute Gasteiger partial charge is 0.0708 e. The Morgan fingerprint density at radius 3 is 1.06 bits per heavy atom. The van der Waals surface area contributed by atoms with E-state index in [4.69, 9.17) is 0 Å². The molecule has 1 fully saturated rings. The third-order valence-corrected chi connectivity index (χ3v) is 12.3. The average Bonchev–Trinajstić information content (AvgIpc) is 2.26. The Bertz CT molecular complexity index is 208. The molecule has 0 spiro atoms. The maximum Gasteiger partial charge on any atom is 1.00 e. The molecule has 1 aliphatic heterocycles. The van der Waals surface area contributed by atoms with Gasteiger partial charge in [-0.15, -0.1) is 0 Å². The van der Waals surface area contributed by atoms with Crippen molar-refractivity contribution < 1.29 is 18.9 Å². The Kier molecular flexibility index (Phi) is 6.13. The molecule has 0 unspecified atom stereocenters. The zero-order valence-electron chi connectivity index (χ0n) is 12.4. The Balaban J connectivity index is 0.00000225. The normalized spacial score (nSPS) is 22.5. The summed E-state index contributed by atoms with van der Waals surface area (Å²) in [7, 11) is -0.623. The first kappa shape index (κ1) is 17.5. The van der Waals surface area contributed by atoms with Gasteiger partial charge in [0.2, 0.25) is 0 Å². The van der Waals surface area contributed by atoms with Crippen LogP contribution >= 0.6 is 8.58 Å².